The first kappa shape index (κ1) is 11.6. The Morgan fingerprint density at radius 2 is 1.88 bits per heavy atom. The Balaban J connectivity index is 2.18. The maximum atomic E-state index is 11.3. The molecule has 0 atom stereocenters. The number of nitrogens with zero attached hydrogens (tertiary/aromatic N) is 1. The van der Waals surface area contributed by atoms with Crippen LogP contribution in [0.5, 0.6) is 5.75 Å². The van der Waals surface area contributed by atoms with E-state index < -0.39 is 0 Å². The molecule has 0 unspecified atom stereocenters. The van der Waals surface area contributed by atoms with Gasteiger partial charge in [0.25, 0.3) is 0 Å². The second-order valence-corrected chi connectivity index (χ2v) is 3.97. The van der Waals surface area contributed by atoms with Gasteiger partial charge in [-0.05, 0) is 30.7 Å². The minimum atomic E-state index is -0.103. The zero-order chi connectivity index (χ0) is 12.3. The molecule has 0 aromatic heterocycles. The van der Waals surface area contributed by atoms with Crippen molar-refractivity contribution in [1.82, 2.24) is 0 Å². The van der Waals surface area contributed by atoms with Gasteiger partial charge < -0.3 is 4.84 Å². The monoisotopic (exact) mass is 247 g/mol. The quantitative estimate of drug-likeness (QED) is 0.595. The highest BCUT2D eigenvalue weighted by Gasteiger charge is 2.14. The minimum absolute atomic E-state index is 0.103. The minimum Gasteiger partial charge on any atom is -0.356 e. The van der Waals surface area contributed by atoms with Crippen molar-refractivity contribution in [3.05, 3.63) is 53.1 Å². The van der Waals surface area contributed by atoms with Gasteiger partial charge in [0.1, 0.15) is 5.71 Å². The van der Waals surface area contributed by atoms with Crippen LogP contribution in [-0.4, -0.2) is 11.5 Å². The van der Waals surface area contributed by atoms with E-state index in [2.05, 4.69) is 5.16 Å². The first-order valence-corrected chi connectivity index (χ1v) is 5.45. The van der Waals surface area contributed by atoms with Crippen molar-refractivity contribution in [2.75, 3.05) is 0 Å². The van der Waals surface area contributed by atoms with Gasteiger partial charge in [0.05, 0.1) is 5.03 Å². The number of carbonyl (C=O) groups is 1. The van der Waals surface area contributed by atoms with Crippen molar-refractivity contribution < 1.29 is 9.63 Å². The summed E-state index contributed by atoms with van der Waals surface area (Å²) in [6.45, 7) is 1.71. The molecule has 0 radical (unpaired) electrons. The molecule has 0 spiro atoms. The number of oxime groups is 1. The van der Waals surface area contributed by atoms with Gasteiger partial charge in [-0.15, -0.1) is 0 Å². The van der Waals surface area contributed by atoms with Crippen molar-refractivity contribution in [2.24, 2.45) is 5.16 Å². The Labute approximate surface area is 104 Å². The van der Waals surface area contributed by atoms with E-state index in [1.54, 1.807) is 25.1 Å². The van der Waals surface area contributed by atoms with E-state index in [1.807, 2.05) is 18.2 Å². The Kier molecular flexibility index (Phi) is 3.40. The normalized spacial score (nSPS) is 17.8. The lowest BCUT2D eigenvalue weighted by atomic mass is 10.1. The summed E-state index contributed by atoms with van der Waals surface area (Å²) < 4.78 is 0. The molecule has 86 valence electrons. The van der Waals surface area contributed by atoms with Gasteiger partial charge in [-0.1, -0.05) is 35.0 Å². The standard InChI is InChI=1S/C13H10ClNO2/c1-9-7-12(11(14)8-13(9)16)15-17-10-5-3-2-4-6-10/h2-8H,1H3/b15-12+. The number of carbonyl (C=O) groups excluding carboxylic acids is 1. The molecule has 0 amide bonds. The average Bonchev–Trinajstić information content (AvgIpc) is 2.33. The maximum absolute atomic E-state index is 11.3. The highest BCUT2D eigenvalue weighted by molar-refractivity contribution is 6.48. The summed E-state index contributed by atoms with van der Waals surface area (Å²) in [4.78, 5) is 16.5. The number of hydrogen-bond donors (Lipinski definition) is 0. The fourth-order valence-electron chi connectivity index (χ4n) is 1.30. The maximum Gasteiger partial charge on any atom is 0.183 e. The zero-order valence-corrected chi connectivity index (χ0v) is 9.94. The van der Waals surface area contributed by atoms with Gasteiger partial charge in [0, 0.05) is 6.08 Å². The van der Waals surface area contributed by atoms with Gasteiger partial charge in [0.2, 0.25) is 0 Å². The van der Waals surface area contributed by atoms with Crippen molar-refractivity contribution >= 4 is 23.1 Å². The summed E-state index contributed by atoms with van der Waals surface area (Å²) >= 11 is 5.89. The first-order chi connectivity index (χ1) is 8.16. The molecule has 0 fully saturated rings. The highest BCUT2D eigenvalue weighted by atomic mass is 35.5. The average molecular weight is 248 g/mol. The summed E-state index contributed by atoms with van der Waals surface area (Å²) in [7, 11) is 0. The number of halogens is 1. The Morgan fingerprint density at radius 3 is 2.59 bits per heavy atom. The van der Waals surface area contributed by atoms with Crippen LogP contribution in [0, 0.1) is 0 Å². The van der Waals surface area contributed by atoms with Gasteiger partial charge in [-0.25, -0.2) is 0 Å². The number of rotatable bonds is 2. The summed E-state index contributed by atoms with van der Waals surface area (Å²) in [6.07, 6.45) is 2.94. The lowest BCUT2D eigenvalue weighted by Crippen LogP contribution is -2.09. The van der Waals surface area contributed by atoms with E-state index in [9.17, 15) is 4.79 Å². The fourth-order valence-corrected chi connectivity index (χ4v) is 1.49. The van der Waals surface area contributed by atoms with Crippen LogP contribution in [0.25, 0.3) is 0 Å². The number of allylic oxidation sites excluding steroid dienone is 4. The molecule has 17 heavy (non-hydrogen) atoms. The van der Waals surface area contributed by atoms with Crippen molar-refractivity contribution in [1.29, 1.82) is 0 Å². The van der Waals surface area contributed by atoms with Crippen molar-refractivity contribution in [2.45, 2.75) is 6.92 Å². The number of hydrogen-bond acceptors (Lipinski definition) is 3. The van der Waals surface area contributed by atoms with Gasteiger partial charge in [-0.3, -0.25) is 4.79 Å². The van der Waals surface area contributed by atoms with Crippen LogP contribution in [0.15, 0.2) is 58.2 Å². The Hall–Kier alpha value is -1.87. The van der Waals surface area contributed by atoms with Crippen LogP contribution in [0.2, 0.25) is 0 Å². The zero-order valence-electron chi connectivity index (χ0n) is 9.18. The molecule has 1 aromatic rings. The summed E-state index contributed by atoms with van der Waals surface area (Å²) in [6, 6.07) is 9.14. The third kappa shape index (κ3) is 2.82. The highest BCUT2D eigenvalue weighted by Crippen LogP contribution is 2.17. The molecule has 1 aliphatic rings. The third-order valence-corrected chi connectivity index (χ3v) is 2.54. The topological polar surface area (TPSA) is 38.7 Å². The first-order valence-electron chi connectivity index (χ1n) is 5.07. The van der Waals surface area contributed by atoms with Gasteiger partial charge in [0.15, 0.2) is 11.5 Å². The van der Waals surface area contributed by atoms with E-state index in [4.69, 9.17) is 16.4 Å². The molecule has 1 aromatic carbocycles. The Morgan fingerprint density at radius 1 is 1.18 bits per heavy atom. The second kappa shape index (κ2) is 4.97. The van der Waals surface area contributed by atoms with E-state index in [1.165, 1.54) is 6.08 Å². The van der Waals surface area contributed by atoms with E-state index in [-0.39, 0.29) is 10.8 Å². The molecule has 0 heterocycles. The summed E-state index contributed by atoms with van der Waals surface area (Å²) in [5.41, 5.74) is 1.04. The van der Waals surface area contributed by atoms with Crippen molar-refractivity contribution in [3.8, 4) is 5.75 Å². The molecular formula is C13H10ClNO2. The van der Waals surface area contributed by atoms with Crippen LogP contribution < -0.4 is 4.84 Å². The summed E-state index contributed by atoms with van der Waals surface area (Å²) in [5, 5.41) is 4.20. The molecule has 2 rings (SSSR count). The predicted octanol–water partition coefficient (Wildman–Crippen LogP) is 3.07. The predicted molar refractivity (Wildman–Crippen MR) is 67.2 cm³/mol. The molecule has 0 saturated heterocycles. The van der Waals surface area contributed by atoms with E-state index >= 15 is 0 Å². The van der Waals surface area contributed by atoms with E-state index in [0.29, 0.717) is 17.0 Å². The number of para-hydroxylation sites is 1. The largest absolute Gasteiger partial charge is 0.356 e. The van der Waals surface area contributed by atoms with Crippen LogP contribution in [-0.2, 0) is 4.79 Å². The molecular weight excluding hydrogens is 238 g/mol. The van der Waals surface area contributed by atoms with Crippen molar-refractivity contribution in [3.63, 3.8) is 0 Å². The molecule has 3 nitrogen and oxygen atoms in total. The second-order valence-electron chi connectivity index (χ2n) is 3.56. The van der Waals surface area contributed by atoms with Crippen LogP contribution >= 0.6 is 11.6 Å². The smallest absolute Gasteiger partial charge is 0.183 e. The third-order valence-electron chi connectivity index (χ3n) is 2.24. The lowest BCUT2D eigenvalue weighted by molar-refractivity contribution is -0.111. The van der Waals surface area contributed by atoms with E-state index in [0.717, 1.165) is 0 Å². The van der Waals surface area contributed by atoms with Gasteiger partial charge in [-0.2, -0.15) is 0 Å². The molecule has 0 bridgehead atoms. The molecule has 0 saturated carbocycles. The molecule has 0 N–H and O–H groups in total. The summed E-state index contributed by atoms with van der Waals surface area (Å²) in [5.74, 6) is 0.515. The molecule has 1 aliphatic carbocycles. The number of benzene rings is 1. The molecule has 0 aliphatic heterocycles. The van der Waals surface area contributed by atoms with Crippen LogP contribution in [0.4, 0.5) is 0 Å². The lowest BCUT2D eigenvalue weighted by Gasteiger charge is -2.07. The van der Waals surface area contributed by atoms with Crippen LogP contribution in [0.3, 0.4) is 0 Å². The SMILES string of the molecule is CC1=C/C(=N\Oc2ccccc2)C(Cl)=CC1=O. The Bertz CT molecular complexity index is 530. The van der Waals surface area contributed by atoms with Crippen LogP contribution in [0.1, 0.15) is 6.92 Å². The molecule has 4 heteroatoms. The van der Waals surface area contributed by atoms with Gasteiger partial charge >= 0.3 is 0 Å². The fraction of sp³-hybridized carbons (Fsp3) is 0.0769. The number of ketones is 1.